The third-order valence-electron chi connectivity index (χ3n) is 15.7. The molecular formula is C79H136O16P2. The van der Waals surface area contributed by atoms with Crippen molar-refractivity contribution in [2.45, 2.75) is 322 Å². The van der Waals surface area contributed by atoms with E-state index in [4.69, 9.17) is 32.3 Å². The molecule has 0 aliphatic rings. The number of carbonyl (C=O) groups is 3. The summed E-state index contributed by atoms with van der Waals surface area (Å²) in [5.41, 5.74) is 0. The van der Waals surface area contributed by atoms with E-state index in [0.29, 0.717) is 19.3 Å². The highest BCUT2D eigenvalue weighted by Gasteiger charge is 2.29. The SMILES string of the molecule is CC/C=C\C/C=C\C/C=C\C/C=C\C/C=C\C/C=C\CCCCCCCCC(=O)OCC(O)COP(=O)(O)OCC(O)COP(=O)(O)OCC(COC(=O)CCCCCCC/C=C\C/C=C\C/C=C\C/C=C\CCCCC)OC(=O)CCCCCCCCCCCCCCCCC. The first-order chi connectivity index (χ1) is 47.2. The maximum Gasteiger partial charge on any atom is 0.472 e. The number of aliphatic hydroxyl groups is 2. The van der Waals surface area contributed by atoms with Crippen molar-refractivity contribution in [1.29, 1.82) is 0 Å². The normalized spacial score (nSPS) is 14.8. The van der Waals surface area contributed by atoms with Crippen LogP contribution < -0.4 is 0 Å². The Bertz CT molecular complexity index is 2250. The maximum atomic E-state index is 13.0. The van der Waals surface area contributed by atoms with Crippen molar-refractivity contribution >= 4 is 33.6 Å². The molecule has 0 rings (SSSR count). The highest BCUT2D eigenvalue weighted by molar-refractivity contribution is 7.47. The van der Waals surface area contributed by atoms with Gasteiger partial charge < -0.3 is 34.2 Å². The molecule has 0 aliphatic heterocycles. The van der Waals surface area contributed by atoms with E-state index in [-0.39, 0.29) is 19.3 Å². The molecule has 16 nitrogen and oxygen atoms in total. The quantitative estimate of drug-likeness (QED) is 0.0146. The molecule has 0 aromatic heterocycles. The Balaban J connectivity index is 4.64. The molecule has 5 unspecified atom stereocenters. The van der Waals surface area contributed by atoms with Gasteiger partial charge in [0.15, 0.2) is 6.10 Å². The largest absolute Gasteiger partial charge is 0.472 e. The fraction of sp³-hybridized carbons (Fsp3) is 0.709. The molecule has 97 heavy (non-hydrogen) atoms. The fourth-order valence-corrected chi connectivity index (χ4v) is 11.5. The third kappa shape index (κ3) is 73.0. The van der Waals surface area contributed by atoms with E-state index in [1.54, 1.807) is 0 Å². The Labute approximate surface area is 589 Å². The number of aliphatic hydroxyl groups excluding tert-OH is 2. The molecule has 0 fully saturated rings. The lowest BCUT2D eigenvalue weighted by Crippen LogP contribution is -2.30. The number of carbonyl (C=O) groups excluding carboxylic acids is 3. The number of allylic oxidation sites excluding steroid dienone is 20. The number of hydrogen-bond donors (Lipinski definition) is 4. The minimum atomic E-state index is -4.93. The van der Waals surface area contributed by atoms with Gasteiger partial charge in [0.1, 0.15) is 25.4 Å². The van der Waals surface area contributed by atoms with Crippen molar-refractivity contribution in [2.24, 2.45) is 0 Å². The summed E-state index contributed by atoms with van der Waals surface area (Å²) in [5.74, 6) is -1.60. The number of ether oxygens (including phenoxy) is 3. The molecule has 18 heteroatoms. The van der Waals surface area contributed by atoms with E-state index >= 15 is 0 Å². The average Bonchev–Trinajstić information content (AvgIpc) is 1.82. The molecule has 558 valence electrons. The average molecular weight is 1400 g/mol. The lowest BCUT2D eigenvalue weighted by Gasteiger charge is -2.21. The van der Waals surface area contributed by atoms with Gasteiger partial charge in [-0.05, 0) is 116 Å². The number of unbranched alkanes of at least 4 members (excludes halogenated alkanes) is 28. The van der Waals surface area contributed by atoms with E-state index in [0.717, 1.165) is 154 Å². The van der Waals surface area contributed by atoms with Crippen LogP contribution in [0.15, 0.2) is 122 Å². The van der Waals surface area contributed by atoms with Crippen molar-refractivity contribution in [3.05, 3.63) is 122 Å². The molecule has 0 saturated heterocycles. The zero-order chi connectivity index (χ0) is 70.9. The second-order valence-electron chi connectivity index (χ2n) is 25.1. The van der Waals surface area contributed by atoms with Gasteiger partial charge in [-0.1, -0.05) is 290 Å². The van der Waals surface area contributed by atoms with E-state index in [2.05, 4.69) is 142 Å². The summed E-state index contributed by atoms with van der Waals surface area (Å²) in [6, 6.07) is 0. The Morgan fingerprint density at radius 2 is 0.546 bits per heavy atom. The van der Waals surface area contributed by atoms with Crippen LogP contribution in [0.4, 0.5) is 0 Å². The van der Waals surface area contributed by atoms with Gasteiger partial charge in [-0.15, -0.1) is 0 Å². The molecule has 0 amide bonds. The first-order valence-corrected chi connectivity index (χ1v) is 40.8. The lowest BCUT2D eigenvalue weighted by molar-refractivity contribution is -0.161. The molecule has 4 N–H and O–H groups in total. The second kappa shape index (κ2) is 71.8. The molecule has 0 bridgehead atoms. The van der Waals surface area contributed by atoms with Crippen molar-refractivity contribution < 1.29 is 75.8 Å². The van der Waals surface area contributed by atoms with Gasteiger partial charge in [-0.25, -0.2) is 9.13 Å². The second-order valence-corrected chi connectivity index (χ2v) is 28.0. The maximum absolute atomic E-state index is 13.0. The van der Waals surface area contributed by atoms with Crippen molar-refractivity contribution in [3.8, 4) is 0 Å². The first kappa shape index (κ1) is 93.0. The zero-order valence-electron chi connectivity index (χ0n) is 60.7. The monoisotopic (exact) mass is 1400 g/mol. The molecule has 0 aliphatic carbocycles. The summed E-state index contributed by atoms with van der Waals surface area (Å²) >= 11 is 0. The Morgan fingerprint density at radius 3 is 0.887 bits per heavy atom. The Kier molecular flexibility index (Phi) is 68.8. The van der Waals surface area contributed by atoms with Gasteiger partial charge in [0.2, 0.25) is 0 Å². The number of rotatable bonds is 71. The Morgan fingerprint density at radius 1 is 0.299 bits per heavy atom. The van der Waals surface area contributed by atoms with E-state index in [1.165, 1.54) is 89.9 Å². The summed E-state index contributed by atoms with van der Waals surface area (Å²) in [7, 11) is -9.79. The molecule has 0 radical (unpaired) electrons. The van der Waals surface area contributed by atoms with Crippen molar-refractivity contribution in [2.75, 3.05) is 39.6 Å². The van der Waals surface area contributed by atoms with E-state index in [1.807, 2.05) is 0 Å². The van der Waals surface area contributed by atoms with Gasteiger partial charge in [-0.3, -0.25) is 32.5 Å². The minimum absolute atomic E-state index is 0.101. The Hall–Kier alpha value is -4.05. The van der Waals surface area contributed by atoms with Crippen molar-refractivity contribution in [3.63, 3.8) is 0 Å². The highest BCUT2D eigenvalue weighted by Crippen LogP contribution is 2.45. The molecule has 0 aromatic carbocycles. The third-order valence-corrected chi connectivity index (χ3v) is 17.6. The van der Waals surface area contributed by atoms with Crippen LogP contribution in [0.2, 0.25) is 0 Å². The van der Waals surface area contributed by atoms with Gasteiger partial charge in [0.25, 0.3) is 0 Å². The molecule has 0 spiro atoms. The van der Waals surface area contributed by atoms with Gasteiger partial charge in [0, 0.05) is 19.3 Å². The van der Waals surface area contributed by atoms with E-state index in [9.17, 15) is 43.5 Å². The summed E-state index contributed by atoms with van der Waals surface area (Å²) < 4.78 is 61.1. The molecule has 5 atom stereocenters. The van der Waals surface area contributed by atoms with Gasteiger partial charge >= 0.3 is 33.6 Å². The number of hydrogen-bond acceptors (Lipinski definition) is 14. The number of phosphoric acid groups is 2. The summed E-state index contributed by atoms with van der Waals surface area (Å²) in [6.07, 6.45) is 83.7. The zero-order valence-corrected chi connectivity index (χ0v) is 62.5. The van der Waals surface area contributed by atoms with Crippen LogP contribution in [0.3, 0.4) is 0 Å². The predicted molar refractivity (Wildman–Crippen MR) is 399 cm³/mol. The highest BCUT2D eigenvalue weighted by atomic mass is 31.2. The van der Waals surface area contributed by atoms with Gasteiger partial charge in [-0.2, -0.15) is 0 Å². The smallest absolute Gasteiger partial charge is 0.463 e. The standard InChI is InChI=1S/C79H136O16P2/c1-4-7-10-13-16-19-22-25-28-30-32-34-35-36-37-39-41-42-45-47-50-53-56-59-62-65-77(82)89-68-74(80)69-91-96(85,86)92-70-75(81)71-93-97(87,88)94-73-76(95-79(84)67-64-61-58-55-52-49-44-27-24-21-18-15-12-9-6-3)72-90-78(83)66-63-60-57-54-51-48-46-43-40-38-33-31-29-26-23-20-17-14-11-8-5-2/h7,10,16-17,19-20,25-26,28-29,32-34,36-38,41-43,46,74-76,80-81H,4-6,8-9,11-15,18,21-24,27,30-31,35,39-40,44-45,47-73H2,1-3H3,(H,85,86)(H,87,88)/b10-7-,19-16-,20-17-,28-25-,29-26-,34-32-,37-36-,38-33-,42-41-,46-43-. The van der Waals surface area contributed by atoms with Gasteiger partial charge in [0.05, 0.1) is 26.4 Å². The molecular weight excluding hydrogens is 1270 g/mol. The minimum Gasteiger partial charge on any atom is -0.463 e. The van der Waals surface area contributed by atoms with Crippen LogP contribution in [-0.2, 0) is 55.8 Å². The van der Waals surface area contributed by atoms with Crippen LogP contribution in [0.1, 0.15) is 303 Å². The predicted octanol–water partition coefficient (Wildman–Crippen LogP) is 21.8. The fourth-order valence-electron chi connectivity index (χ4n) is 9.91. The molecule has 0 aromatic rings. The summed E-state index contributed by atoms with van der Waals surface area (Å²) in [5, 5.41) is 20.6. The van der Waals surface area contributed by atoms with E-state index < -0.39 is 91.5 Å². The van der Waals surface area contributed by atoms with Crippen LogP contribution in [-0.4, -0.2) is 95.9 Å². The lowest BCUT2D eigenvalue weighted by atomic mass is 10.0. The summed E-state index contributed by atoms with van der Waals surface area (Å²) in [4.78, 5) is 58.6. The first-order valence-electron chi connectivity index (χ1n) is 37.8. The number of phosphoric ester groups is 2. The van der Waals surface area contributed by atoms with Crippen molar-refractivity contribution in [1.82, 2.24) is 0 Å². The molecule has 0 saturated carbocycles. The van der Waals surface area contributed by atoms with Crippen LogP contribution >= 0.6 is 15.6 Å². The van der Waals surface area contributed by atoms with Crippen LogP contribution in [0.5, 0.6) is 0 Å². The molecule has 0 heterocycles. The van der Waals surface area contributed by atoms with Crippen LogP contribution in [0.25, 0.3) is 0 Å². The van der Waals surface area contributed by atoms with Crippen LogP contribution in [0, 0.1) is 0 Å². The topological polar surface area (TPSA) is 231 Å². The number of esters is 3. The summed E-state index contributed by atoms with van der Waals surface area (Å²) in [6.45, 7) is 2.51.